The Hall–Kier alpha value is -3.80. The first-order chi connectivity index (χ1) is 16.7. The first-order valence-electron chi connectivity index (χ1n) is 10.2. The average molecular weight is 556 g/mol. The molecule has 3 aromatic carbocycles. The van der Waals surface area contributed by atoms with Gasteiger partial charge in [-0.1, -0.05) is 29.8 Å². The molecule has 0 saturated heterocycles. The highest BCUT2D eigenvalue weighted by Gasteiger charge is 2.15. The summed E-state index contributed by atoms with van der Waals surface area (Å²) >= 11 is 9.56. The predicted octanol–water partition coefficient (Wildman–Crippen LogP) is 6.24. The molecule has 0 aliphatic heterocycles. The van der Waals surface area contributed by atoms with E-state index in [-0.39, 0.29) is 17.7 Å². The highest BCUT2D eigenvalue weighted by Crippen LogP contribution is 2.38. The van der Waals surface area contributed by atoms with Crippen LogP contribution < -0.4 is 14.8 Å². The number of aromatic carboxylic acids is 1. The van der Waals surface area contributed by atoms with E-state index in [1.54, 1.807) is 42.5 Å². The van der Waals surface area contributed by atoms with Crippen LogP contribution in [0, 0.1) is 18.3 Å². The Labute approximate surface area is 215 Å². The molecule has 0 bridgehead atoms. The summed E-state index contributed by atoms with van der Waals surface area (Å²) in [6.07, 6.45) is 1.44. The number of rotatable bonds is 8. The number of hydrogen-bond donors (Lipinski definition) is 2. The van der Waals surface area contributed by atoms with Gasteiger partial charge >= 0.3 is 5.97 Å². The van der Waals surface area contributed by atoms with Crippen molar-refractivity contribution < 1.29 is 24.2 Å². The van der Waals surface area contributed by atoms with Gasteiger partial charge in [0.05, 0.1) is 17.1 Å². The van der Waals surface area contributed by atoms with Gasteiger partial charge in [-0.15, -0.1) is 0 Å². The van der Waals surface area contributed by atoms with Crippen molar-refractivity contribution in [2.45, 2.75) is 13.5 Å². The number of nitrogens with one attached hydrogen (secondary N) is 1. The highest BCUT2D eigenvalue weighted by atomic mass is 79.9. The Kier molecular flexibility index (Phi) is 8.53. The lowest BCUT2D eigenvalue weighted by Crippen LogP contribution is -2.13. The molecular weight excluding hydrogens is 536 g/mol. The van der Waals surface area contributed by atoms with Crippen molar-refractivity contribution in [2.24, 2.45) is 0 Å². The van der Waals surface area contributed by atoms with Gasteiger partial charge in [0, 0.05) is 10.7 Å². The van der Waals surface area contributed by atoms with Crippen molar-refractivity contribution in [3.8, 4) is 17.6 Å². The van der Waals surface area contributed by atoms with Crippen LogP contribution in [0.5, 0.6) is 11.5 Å². The number of anilines is 1. The van der Waals surface area contributed by atoms with Crippen molar-refractivity contribution >= 4 is 51.2 Å². The molecule has 2 N–H and O–H groups in total. The molecule has 0 aliphatic carbocycles. The summed E-state index contributed by atoms with van der Waals surface area (Å²) in [6, 6.07) is 16.7. The summed E-state index contributed by atoms with van der Waals surface area (Å²) in [5.41, 5.74) is 2.74. The number of carboxylic acid groups (broad SMARTS) is 1. The number of amides is 1. The van der Waals surface area contributed by atoms with Crippen LogP contribution in [0.2, 0.25) is 5.02 Å². The molecule has 0 unspecified atom stereocenters. The fourth-order valence-electron chi connectivity index (χ4n) is 3.05. The molecule has 0 spiro atoms. The van der Waals surface area contributed by atoms with E-state index in [2.05, 4.69) is 21.2 Å². The molecule has 1 amide bonds. The fraction of sp³-hybridized carbons (Fsp3) is 0.115. The van der Waals surface area contributed by atoms with Gasteiger partial charge in [-0.2, -0.15) is 5.26 Å². The van der Waals surface area contributed by atoms with Crippen LogP contribution >= 0.6 is 27.5 Å². The number of nitrogens with zero attached hydrogens (tertiary/aromatic N) is 1. The first-order valence-corrected chi connectivity index (χ1v) is 11.4. The molecule has 9 heteroatoms. The Balaban J connectivity index is 1.79. The van der Waals surface area contributed by atoms with Crippen LogP contribution in [0.25, 0.3) is 6.08 Å². The van der Waals surface area contributed by atoms with Crippen LogP contribution in [0.4, 0.5) is 5.69 Å². The molecule has 178 valence electrons. The van der Waals surface area contributed by atoms with Gasteiger partial charge in [-0.3, -0.25) is 4.79 Å². The number of hydrogen-bond acceptors (Lipinski definition) is 5. The number of aryl methyl sites for hydroxylation is 1. The molecule has 0 radical (unpaired) electrons. The number of carbonyl (C=O) groups excluding carboxylic acids is 1. The van der Waals surface area contributed by atoms with E-state index in [1.807, 2.05) is 13.0 Å². The zero-order chi connectivity index (χ0) is 25.5. The zero-order valence-corrected chi connectivity index (χ0v) is 21.1. The molecule has 3 rings (SSSR count). The molecule has 7 nitrogen and oxygen atoms in total. The number of halogens is 2. The van der Waals surface area contributed by atoms with Gasteiger partial charge in [-0.25, -0.2) is 4.79 Å². The topological polar surface area (TPSA) is 109 Å². The smallest absolute Gasteiger partial charge is 0.335 e. The third-order valence-electron chi connectivity index (χ3n) is 4.94. The summed E-state index contributed by atoms with van der Waals surface area (Å²) in [7, 11) is 1.48. The SMILES string of the molecule is COc1cc(/C=C(/C#N)C(=O)Nc2ccc(C)c(Cl)c2)cc(Br)c1OCc1ccc(C(=O)O)cc1. The van der Waals surface area contributed by atoms with Crippen molar-refractivity contribution in [3.05, 3.63) is 91.9 Å². The number of nitriles is 1. The van der Waals surface area contributed by atoms with Gasteiger partial charge in [0.2, 0.25) is 0 Å². The van der Waals surface area contributed by atoms with Gasteiger partial charge in [0.15, 0.2) is 11.5 Å². The van der Waals surface area contributed by atoms with E-state index in [4.69, 9.17) is 26.2 Å². The maximum Gasteiger partial charge on any atom is 0.335 e. The molecule has 0 atom stereocenters. The number of carbonyl (C=O) groups is 2. The normalized spacial score (nSPS) is 10.9. The summed E-state index contributed by atoms with van der Waals surface area (Å²) in [5, 5.41) is 21.7. The number of carboxylic acids is 1. The minimum atomic E-state index is -1.00. The minimum absolute atomic E-state index is 0.108. The molecule has 3 aromatic rings. The van der Waals surface area contributed by atoms with E-state index in [0.29, 0.717) is 32.2 Å². The Morgan fingerprint density at radius 3 is 2.49 bits per heavy atom. The van der Waals surface area contributed by atoms with Crippen LogP contribution in [0.15, 0.2) is 64.6 Å². The summed E-state index contributed by atoms with van der Waals surface area (Å²) in [6.45, 7) is 2.03. The highest BCUT2D eigenvalue weighted by molar-refractivity contribution is 9.10. The third kappa shape index (κ3) is 6.63. The Morgan fingerprint density at radius 2 is 1.89 bits per heavy atom. The number of benzene rings is 3. The lowest BCUT2D eigenvalue weighted by molar-refractivity contribution is -0.112. The summed E-state index contributed by atoms with van der Waals surface area (Å²) in [5.74, 6) is -0.772. The largest absolute Gasteiger partial charge is 0.493 e. The molecule has 0 aliphatic rings. The molecule has 0 aromatic heterocycles. The first kappa shape index (κ1) is 25.8. The van der Waals surface area contributed by atoms with E-state index < -0.39 is 11.9 Å². The van der Waals surface area contributed by atoms with E-state index in [1.165, 1.54) is 25.3 Å². The van der Waals surface area contributed by atoms with Crippen LogP contribution in [-0.4, -0.2) is 24.1 Å². The van der Waals surface area contributed by atoms with Gasteiger partial charge < -0.3 is 19.9 Å². The van der Waals surface area contributed by atoms with E-state index >= 15 is 0 Å². The standard InChI is InChI=1S/C26H20BrClN2O5/c1-15-3-8-20(12-22(15)28)30-25(31)19(13-29)9-17-10-21(27)24(23(11-17)34-2)35-14-16-4-6-18(7-5-16)26(32)33/h3-12H,14H2,1-2H3,(H,30,31)(H,32,33)/b19-9-. The summed E-state index contributed by atoms with van der Waals surface area (Å²) < 4.78 is 11.9. The fourth-order valence-corrected chi connectivity index (χ4v) is 3.80. The number of ether oxygens (including phenoxy) is 2. The van der Waals surface area contributed by atoms with Gasteiger partial charge in [0.25, 0.3) is 5.91 Å². The van der Waals surface area contributed by atoms with Crippen LogP contribution in [0.3, 0.4) is 0 Å². The lowest BCUT2D eigenvalue weighted by atomic mass is 10.1. The molecular formula is C26H20BrClN2O5. The monoisotopic (exact) mass is 554 g/mol. The predicted molar refractivity (Wildman–Crippen MR) is 137 cm³/mol. The van der Waals surface area contributed by atoms with Crippen molar-refractivity contribution in [2.75, 3.05) is 12.4 Å². The van der Waals surface area contributed by atoms with Crippen LogP contribution in [-0.2, 0) is 11.4 Å². The average Bonchev–Trinajstić information content (AvgIpc) is 2.84. The van der Waals surface area contributed by atoms with Crippen molar-refractivity contribution in [3.63, 3.8) is 0 Å². The lowest BCUT2D eigenvalue weighted by Gasteiger charge is -2.14. The summed E-state index contributed by atoms with van der Waals surface area (Å²) in [4.78, 5) is 23.6. The molecule has 0 heterocycles. The molecule has 35 heavy (non-hydrogen) atoms. The van der Waals surface area contributed by atoms with Gasteiger partial charge in [-0.05, 0) is 82.0 Å². The zero-order valence-electron chi connectivity index (χ0n) is 18.8. The van der Waals surface area contributed by atoms with Crippen molar-refractivity contribution in [1.29, 1.82) is 5.26 Å². The Bertz CT molecular complexity index is 1350. The van der Waals surface area contributed by atoms with Gasteiger partial charge in [0.1, 0.15) is 18.2 Å². The second-order valence-corrected chi connectivity index (χ2v) is 8.67. The van der Waals surface area contributed by atoms with E-state index in [0.717, 1.165) is 11.1 Å². The second-order valence-electron chi connectivity index (χ2n) is 7.41. The maximum atomic E-state index is 12.6. The second kappa shape index (κ2) is 11.6. The Morgan fingerprint density at radius 1 is 1.17 bits per heavy atom. The minimum Gasteiger partial charge on any atom is -0.493 e. The number of methoxy groups -OCH3 is 1. The molecule has 0 fully saturated rings. The third-order valence-corrected chi connectivity index (χ3v) is 5.94. The quantitative estimate of drug-likeness (QED) is 0.251. The van der Waals surface area contributed by atoms with Crippen molar-refractivity contribution in [1.82, 2.24) is 0 Å². The van der Waals surface area contributed by atoms with E-state index in [9.17, 15) is 14.9 Å². The molecule has 0 saturated carbocycles. The maximum absolute atomic E-state index is 12.6. The van der Waals surface area contributed by atoms with Crippen LogP contribution in [0.1, 0.15) is 27.0 Å².